The molecule has 0 unspecified atom stereocenters. The van der Waals surface area contributed by atoms with E-state index in [1.807, 2.05) is 19.1 Å². The Kier molecular flexibility index (Phi) is 6.75. The number of benzene rings is 2. The molecule has 0 atom stereocenters. The Morgan fingerprint density at radius 2 is 1.30 bits per heavy atom. The number of hydrogen-bond acceptors (Lipinski definition) is 3. The van der Waals surface area contributed by atoms with Crippen LogP contribution < -0.4 is 0 Å². The van der Waals surface area contributed by atoms with Crippen molar-refractivity contribution < 1.29 is 8.78 Å². The molecule has 2 aromatic carbocycles. The van der Waals surface area contributed by atoms with Crippen LogP contribution in [-0.2, 0) is 0 Å². The minimum atomic E-state index is -0.331. The number of fused-ring (bicyclic) bond motifs is 2. The van der Waals surface area contributed by atoms with Crippen molar-refractivity contribution in [3.63, 3.8) is 0 Å². The van der Waals surface area contributed by atoms with E-state index in [0.29, 0.717) is 42.6 Å². The van der Waals surface area contributed by atoms with Crippen LogP contribution in [0.15, 0.2) is 60.9 Å². The molecule has 0 saturated heterocycles. The number of hydrogen-bond donors (Lipinski definition) is 0. The van der Waals surface area contributed by atoms with Crippen LogP contribution in [0.5, 0.6) is 0 Å². The van der Waals surface area contributed by atoms with Gasteiger partial charge in [0.2, 0.25) is 0 Å². The average Bonchev–Trinajstić information content (AvgIpc) is 2.82. The third kappa shape index (κ3) is 4.76. The van der Waals surface area contributed by atoms with Crippen molar-refractivity contribution in [1.29, 1.82) is 0 Å². The Balaban J connectivity index is 0.000000165. The maximum absolute atomic E-state index is 13.3. The van der Waals surface area contributed by atoms with Crippen molar-refractivity contribution in [2.75, 3.05) is 0 Å². The highest BCUT2D eigenvalue weighted by Crippen LogP contribution is 2.33. The zero-order valence-corrected chi connectivity index (χ0v) is 19.8. The molecule has 0 fully saturated rings. The molecule has 0 aliphatic heterocycles. The van der Waals surface area contributed by atoms with Gasteiger partial charge in [-0.2, -0.15) is 0 Å². The van der Waals surface area contributed by atoms with Gasteiger partial charge in [0.25, 0.3) is 0 Å². The Labute approximate surface area is 204 Å². The molecule has 3 heterocycles. The molecule has 5 rings (SSSR count). The average molecular weight is 503 g/mol. The zero-order chi connectivity index (χ0) is 23.7. The summed E-state index contributed by atoms with van der Waals surface area (Å²) in [5, 5.41) is 2.57. The fourth-order valence-corrected chi connectivity index (χ4v) is 4.06. The molecule has 3 aromatic heterocycles. The fourth-order valence-electron chi connectivity index (χ4n) is 3.34. The molecule has 0 amide bonds. The van der Waals surface area contributed by atoms with Crippen LogP contribution in [0, 0.1) is 25.5 Å². The van der Waals surface area contributed by atoms with E-state index in [2.05, 4.69) is 15.0 Å². The van der Waals surface area contributed by atoms with Crippen LogP contribution in [0.25, 0.3) is 33.1 Å². The van der Waals surface area contributed by atoms with E-state index in [0.717, 1.165) is 16.8 Å². The molecule has 5 aromatic rings. The predicted octanol–water partition coefficient (Wildman–Crippen LogP) is 8.39. The Hall–Kier alpha value is -2.86. The zero-order valence-electron chi connectivity index (χ0n) is 17.5. The van der Waals surface area contributed by atoms with E-state index in [9.17, 15) is 8.78 Å². The van der Waals surface area contributed by atoms with Crippen LogP contribution in [0.2, 0.25) is 15.2 Å². The van der Waals surface area contributed by atoms with Crippen LogP contribution in [0.4, 0.5) is 8.78 Å². The van der Waals surface area contributed by atoms with Crippen molar-refractivity contribution in [2.45, 2.75) is 13.8 Å². The molecule has 0 saturated carbocycles. The number of pyridine rings is 3. The Morgan fingerprint density at radius 1 is 0.727 bits per heavy atom. The largest absolute Gasteiger partial charge is 0.264 e. The quantitative estimate of drug-likeness (QED) is 0.216. The van der Waals surface area contributed by atoms with Crippen molar-refractivity contribution in [2.24, 2.45) is 0 Å². The van der Waals surface area contributed by atoms with Crippen molar-refractivity contribution >= 4 is 56.6 Å². The highest BCUT2D eigenvalue weighted by molar-refractivity contribution is 6.39. The standard InChI is InChI=1S/C15H10ClFN2.C10H6Cl2FN/c1-9-14(16)12-7-11(17)4-5-13(12)19-15(9)10-3-2-6-18-8-10;1-5-9(11)7-4-6(13)2-3-8(7)14-10(5)12/h2-8H,1H3;2-4H,1H3. The SMILES string of the molecule is Cc1c(-c2cccnc2)nc2ccc(F)cc2c1Cl.Cc1c(Cl)nc2ccc(F)cc2c1Cl. The first-order valence-corrected chi connectivity index (χ1v) is 11.0. The number of nitrogens with zero attached hydrogens (tertiary/aromatic N) is 3. The summed E-state index contributed by atoms with van der Waals surface area (Å²) >= 11 is 18.2. The molecule has 0 spiro atoms. The predicted molar refractivity (Wildman–Crippen MR) is 131 cm³/mol. The fraction of sp³-hybridized carbons (Fsp3) is 0.0800. The molecular weight excluding hydrogens is 487 g/mol. The highest BCUT2D eigenvalue weighted by Gasteiger charge is 2.12. The minimum Gasteiger partial charge on any atom is -0.264 e. The summed E-state index contributed by atoms with van der Waals surface area (Å²) in [6, 6.07) is 12.4. The summed E-state index contributed by atoms with van der Waals surface area (Å²) in [6.45, 7) is 3.63. The maximum Gasteiger partial charge on any atom is 0.134 e. The third-order valence-electron chi connectivity index (χ3n) is 5.10. The van der Waals surface area contributed by atoms with Crippen molar-refractivity contribution in [3.05, 3.63) is 98.9 Å². The van der Waals surface area contributed by atoms with Crippen LogP contribution in [0.3, 0.4) is 0 Å². The summed E-state index contributed by atoms with van der Waals surface area (Å²) in [4.78, 5) is 12.7. The van der Waals surface area contributed by atoms with Gasteiger partial charge in [0, 0.05) is 34.3 Å². The van der Waals surface area contributed by atoms with Crippen LogP contribution in [0.1, 0.15) is 11.1 Å². The number of rotatable bonds is 1. The molecule has 0 aliphatic rings. The van der Waals surface area contributed by atoms with E-state index < -0.39 is 0 Å². The second-order valence-electron chi connectivity index (χ2n) is 7.31. The van der Waals surface area contributed by atoms with E-state index in [-0.39, 0.29) is 11.6 Å². The summed E-state index contributed by atoms with van der Waals surface area (Å²) in [5.41, 5.74) is 4.45. The maximum atomic E-state index is 13.3. The van der Waals surface area contributed by atoms with E-state index >= 15 is 0 Å². The third-order valence-corrected chi connectivity index (χ3v) is 6.44. The van der Waals surface area contributed by atoms with Gasteiger partial charge in [-0.25, -0.2) is 18.7 Å². The molecular formula is C25H16Cl3F2N3. The minimum absolute atomic E-state index is 0.315. The van der Waals surface area contributed by atoms with Crippen LogP contribution >= 0.6 is 34.8 Å². The van der Waals surface area contributed by atoms with Crippen molar-refractivity contribution in [3.8, 4) is 11.3 Å². The van der Waals surface area contributed by atoms with E-state index in [1.54, 1.807) is 31.5 Å². The molecule has 33 heavy (non-hydrogen) atoms. The first-order chi connectivity index (χ1) is 15.8. The molecule has 0 aliphatic carbocycles. The van der Waals surface area contributed by atoms with Gasteiger partial charge in [-0.3, -0.25) is 4.98 Å². The van der Waals surface area contributed by atoms with Crippen molar-refractivity contribution in [1.82, 2.24) is 15.0 Å². The molecule has 0 N–H and O–H groups in total. The second kappa shape index (κ2) is 9.56. The number of halogens is 5. The lowest BCUT2D eigenvalue weighted by Crippen LogP contribution is -1.93. The lowest BCUT2D eigenvalue weighted by molar-refractivity contribution is 0.629. The van der Waals surface area contributed by atoms with Crippen LogP contribution in [-0.4, -0.2) is 15.0 Å². The van der Waals surface area contributed by atoms with Gasteiger partial charge in [0.05, 0.1) is 26.8 Å². The molecule has 0 radical (unpaired) electrons. The summed E-state index contributed by atoms with van der Waals surface area (Å²) in [5.74, 6) is -0.646. The van der Waals surface area contributed by atoms with Gasteiger partial charge in [0.15, 0.2) is 0 Å². The first kappa shape index (κ1) is 23.3. The van der Waals surface area contributed by atoms with Gasteiger partial charge < -0.3 is 0 Å². The van der Waals surface area contributed by atoms with E-state index in [4.69, 9.17) is 34.8 Å². The topological polar surface area (TPSA) is 38.7 Å². The first-order valence-electron chi connectivity index (χ1n) is 9.83. The number of aromatic nitrogens is 3. The molecule has 0 bridgehead atoms. The molecule has 3 nitrogen and oxygen atoms in total. The lowest BCUT2D eigenvalue weighted by Gasteiger charge is -2.10. The molecule has 166 valence electrons. The summed E-state index contributed by atoms with van der Waals surface area (Å²) < 4.78 is 26.2. The molecule has 8 heteroatoms. The lowest BCUT2D eigenvalue weighted by atomic mass is 10.1. The van der Waals surface area contributed by atoms with Gasteiger partial charge >= 0.3 is 0 Å². The Morgan fingerprint density at radius 3 is 1.88 bits per heavy atom. The second-order valence-corrected chi connectivity index (χ2v) is 8.42. The monoisotopic (exact) mass is 501 g/mol. The van der Waals surface area contributed by atoms with Gasteiger partial charge in [0.1, 0.15) is 16.8 Å². The van der Waals surface area contributed by atoms with E-state index in [1.165, 1.54) is 24.3 Å². The van der Waals surface area contributed by atoms with Gasteiger partial charge in [-0.05, 0) is 67.9 Å². The summed E-state index contributed by atoms with van der Waals surface area (Å²) in [6.07, 6.45) is 3.44. The van der Waals surface area contributed by atoms with Gasteiger partial charge in [-0.15, -0.1) is 0 Å². The normalized spacial score (nSPS) is 10.9. The summed E-state index contributed by atoms with van der Waals surface area (Å²) in [7, 11) is 0. The highest BCUT2D eigenvalue weighted by atomic mass is 35.5. The Bertz CT molecular complexity index is 1490. The van der Waals surface area contributed by atoms with Gasteiger partial charge in [-0.1, -0.05) is 34.8 Å². The smallest absolute Gasteiger partial charge is 0.134 e.